The Bertz CT molecular complexity index is 510. The molecule has 0 saturated heterocycles. The van der Waals surface area contributed by atoms with Crippen LogP contribution in [0.25, 0.3) is 0 Å². The lowest BCUT2D eigenvalue weighted by Crippen LogP contribution is -2.24. The van der Waals surface area contributed by atoms with Crippen LogP contribution in [0.2, 0.25) is 0 Å². The number of rotatable bonds is 4. The third-order valence-electron chi connectivity index (χ3n) is 1.88. The van der Waals surface area contributed by atoms with E-state index in [0.29, 0.717) is 0 Å². The van der Waals surface area contributed by atoms with Crippen molar-refractivity contribution in [2.75, 3.05) is 12.3 Å². The number of sulfonamides is 1. The van der Waals surface area contributed by atoms with Crippen molar-refractivity contribution in [1.29, 1.82) is 0 Å². The lowest BCUT2D eigenvalue weighted by Gasteiger charge is -2.07. The molecule has 0 spiro atoms. The van der Waals surface area contributed by atoms with Crippen molar-refractivity contribution in [2.24, 2.45) is 0 Å². The molecule has 0 heterocycles. The minimum Gasteiger partial charge on any atom is -0.478 e. The zero-order chi connectivity index (χ0) is 12.3. The van der Waals surface area contributed by atoms with Crippen LogP contribution in [0, 0.1) is 0 Å². The molecule has 16 heavy (non-hydrogen) atoms. The maximum absolute atomic E-state index is 11.6. The summed E-state index contributed by atoms with van der Waals surface area (Å²) in [7, 11) is -3.65. The van der Waals surface area contributed by atoms with E-state index in [2.05, 4.69) is 4.72 Å². The number of nitrogens with one attached hydrogen (secondary N) is 1. The predicted octanol–water partition coefficient (Wildman–Crippen LogP) is 0.265. The first-order valence-electron chi connectivity index (χ1n) is 4.51. The summed E-state index contributed by atoms with van der Waals surface area (Å²) in [6.45, 7) is 1.88. The molecule has 0 saturated carbocycles. The molecule has 1 aromatic carbocycles. The molecule has 0 aliphatic heterocycles. The maximum atomic E-state index is 11.6. The largest absolute Gasteiger partial charge is 0.478 e. The third kappa shape index (κ3) is 2.50. The summed E-state index contributed by atoms with van der Waals surface area (Å²) in [5.74, 6) is -1.15. The van der Waals surface area contributed by atoms with Crippen LogP contribution in [0.4, 0.5) is 5.69 Å². The van der Waals surface area contributed by atoms with Crippen molar-refractivity contribution in [1.82, 2.24) is 4.72 Å². The molecule has 0 aliphatic rings. The Morgan fingerprint density at radius 1 is 1.50 bits per heavy atom. The molecule has 0 radical (unpaired) electrons. The highest BCUT2D eigenvalue weighted by atomic mass is 32.2. The zero-order valence-electron chi connectivity index (χ0n) is 8.60. The van der Waals surface area contributed by atoms with E-state index in [1.807, 2.05) is 0 Å². The molecule has 4 N–H and O–H groups in total. The number of carbonyl (C=O) groups is 1. The van der Waals surface area contributed by atoms with E-state index in [1.165, 1.54) is 12.1 Å². The molecule has 1 aromatic rings. The van der Waals surface area contributed by atoms with E-state index < -0.39 is 16.0 Å². The van der Waals surface area contributed by atoms with Gasteiger partial charge in [-0.25, -0.2) is 17.9 Å². The van der Waals surface area contributed by atoms with Crippen LogP contribution in [-0.2, 0) is 10.0 Å². The van der Waals surface area contributed by atoms with Gasteiger partial charge in [-0.3, -0.25) is 0 Å². The fourth-order valence-corrected chi connectivity index (χ4v) is 2.35. The lowest BCUT2D eigenvalue weighted by molar-refractivity contribution is 0.0697. The molecule has 0 aliphatic carbocycles. The molecule has 0 aromatic heterocycles. The van der Waals surface area contributed by atoms with Gasteiger partial charge in [0.25, 0.3) is 0 Å². The summed E-state index contributed by atoms with van der Waals surface area (Å²) in [6.07, 6.45) is 0. The molecular formula is C9H12N2O4S. The van der Waals surface area contributed by atoms with Crippen LogP contribution >= 0.6 is 0 Å². The number of nitrogens with two attached hydrogens (primary N) is 1. The van der Waals surface area contributed by atoms with Crippen LogP contribution in [0.5, 0.6) is 0 Å². The van der Waals surface area contributed by atoms with E-state index in [0.717, 1.165) is 6.07 Å². The Balaban J connectivity index is 3.23. The smallest absolute Gasteiger partial charge is 0.335 e. The summed E-state index contributed by atoms with van der Waals surface area (Å²) in [6, 6.07) is 3.49. The number of carboxylic acids is 1. The number of aromatic carboxylic acids is 1. The summed E-state index contributed by atoms with van der Waals surface area (Å²) < 4.78 is 25.5. The van der Waals surface area contributed by atoms with Crippen molar-refractivity contribution in [3.8, 4) is 0 Å². The molecule has 0 fully saturated rings. The number of carboxylic acid groups (broad SMARTS) is 1. The van der Waals surface area contributed by atoms with Crippen LogP contribution in [-0.4, -0.2) is 26.0 Å². The second-order valence-corrected chi connectivity index (χ2v) is 4.79. The van der Waals surface area contributed by atoms with Gasteiger partial charge in [-0.2, -0.15) is 0 Å². The monoisotopic (exact) mass is 244 g/mol. The first-order valence-corrected chi connectivity index (χ1v) is 5.99. The van der Waals surface area contributed by atoms with E-state index >= 15 is 0 Å². The first kappa shape index (κ1) is 12.5. The van der Waals surface area contributed by atoms with Gasteiger partial charge in [-0.15, -0.1) is 0 Å². The number of anilines is 1. The maximum Gasteiger partial charge on any atom is 0.335 e. The van der Waals surface area contributed by atoms with Crippen molar-refractivity contribution in [3.63, 3.8) is 0 Å². The normalized spacial score (nSPS) is 11.3. The van der Waals surface area contributed by atoms with Crippen LogP contribution in [0.15, 0.2) is 23.1 Å². The quantitative estimate of drug-likeness (QED) is 0.658. The Morgan fingerprint density at radius 3 is 2.56 bits per heavy atom. The Kier molecular flexibility index (Phi) is 3.51. The van der Waals surface area contributed by atoms with Crippen LogP contribution in [0.1, 0.15) is 17.3 Å². The van der Waals surface area contributed by atoms with Gasteiger partial charge in [-0.1, -0.05) is 6.92 Å². The molecule has 6 nitrogen and oxygen atoms in total. The highest BCUT2D eigenvalue weighted by Gasteiger charge is 2.17. The molecule has 0 atom stereocenters. The minimum atomic E-state index is -3.65. The number of benzene rings is 1. The van der Waals surface area contributed by atoms with Gasteiger partial charge in [0.05, 0.1) is 11.3 Å². The summed E-state index contributed by atoms with van der Waals surface area (Å²) >= 11 is 0. The van der Waals surface area contributed by atoms with Crippen molar-refractivity contribution in [3.05, 3.63) is 23.8 Å². The van der Waals surface area contributed by atoms with E-state index in [9.17, 15) is 13.2 Å². The van der Waals surface area contributed by atoms with Crippen molar-refractivity contribution in [2.45, 2.75) is 11.8 Å². The predicted molar refractivity (Wildman–Crippen MR) is 58.7 cm³/mol. The Hall–Kier alpha value is -1.60. The summed E-state index contributed by atoms with van der Waals surface area (Å²) in [5.41, 5.74) is 5.36. The van der Waals surface area contributed by atoms with Crippen molar-refractivity contribution < 1.29 is 18.3 Å². The third-order valence-corrected chi connectivity index (χ3v) is 3.50. The molecule has 7 heteroatoms. The van der Waals surface area contributed by atoms with Crippen LogP contribution < -0.4 is 10.5 Å². The second kappa shape index (κ2) is 4.50. The average Bonchev–Trinajstić information content (AvgIpc) is 2.16. The van der Waals surface area contributed by atoms with Gasteiger partial charge in [0, 0.05) is 6.54 Å². The Labute approximate surface area is 93.1 Å². The fraction of sp³-hybridized carbons (Fsp3) is 0.222. The zero-order valence-corrected chi connectivity index (χ0v) is 9.41. The minimum absolute atomic E-state index is 0.0482. The SMILES string of the molecule is CCNS(=O)(=O)c1ccc(C(=O)O)cc1N. The van der Waals surface area contributed by atoms with Gasteiger partial charge in [0.15, 0.2) is 0 Å². The second-order valence-electron chi connectivity index (χ2n) is 3.06. The highest BCUT2D eigenvalue weighted by Crippen LogP contribution is 2.19. The Morgan fingerprint density at radius 2 is 2.12 bits per heavy atom. The first-order chi connectivity index (χ1) is 7.38. The van der Waals surface area contributed by atoms with Gasteiger partial charge in [-0.05, 0) is 18.2 Å². The molecular weight excluding hydrogens is 232 g/mol. The van der Waals surface area contributed by atoms with E-state index in [-0.39, 0.29) is 22.7 Å². The summed E-state index contributed by atoms with van der Waals surface area (Å²) in [4.78, 5) is 10.5. The average molecular weight is 244 g/mol. The van der Waals surface area contributed by atoms with Crippen molar-refractivity contribution >= 4 is 21.7 Å². The molecule has 0 unspecified atom stereocenters. The van der Waals surface area contributed by atoms with Gasteiger partial charge in [0.2, 0.25) is 10.0 Å². The highest BCUT2D eigenvalue weighted by molar-refractivity contribution is 7.89. The molecule has 0 amide bonds. The van der Waals surface area contributed by atoms with Gasteiger partial charge in [0.1, 0.15) is 4.90 Å². The van der Waals surface area contributed by atoms with Crippen LogP contribution in [0.3, 0.4) is 0 Å². The lowest BCUT2D eigenvalue weighted by atomic mass is 10.2. The van der Waals surface area contributed by atoms with Gasteiger partial charge >= 0.3 is 5.97 Å². The molecule has 0 bridgehead atoms. The number of hydrogen-bond acceptors (Lipinski definition) is 4. The standard InChI is InChI=1S/C9H12N2O4S/c1-2-11-16(14,15)8-4-3-6(9(12)13)5-7(8)10/h3-5,11H,2,10H2,1H3,(H,12,13). The topological polar surface area (TPSA) is 109 Å². The number of nitrogen functional groups attached to an aromatic ring is 1. The summed E-state index contributed by atoms with van der Waals surface area (Å²) in [5, 5.41) is 8.69. The molecule has 1 rings (SSSR count). The fourth-order valence-electron chi connectivity index (χ4n) is 1.19. The van der Waals surface area contributed by atoms with E-state index in [1.54, 1.807) is 6.92 Å². The van der Waals surface area contributed by atoms with E-state index in [4.69, 9.17) is 10.8 Å². The number of hydrogen-bond donors (Lipinski definition) is 3. The van der Waals surface area contributed by atoms with Gasteiger partial charge < -0.3 is 10.8 Å². The molecule has 88 valence electrons.